The molecule has 0 radical (unpaired) electrons. The van der Waals surface area contributed by atoms with Crippen LogP contribution in [0.3, 0.4) is 0 Å². The number of halogens is 2. The number of alkyl halides is 2. The van der Waals surface area contributed by atoms with Gasteiger partial charge in [0.25, 0.3) is 0 Å². The zero-order valence-corrected chi connectivity index (χ0v) is 82.2. The number of nitrogens with one attached hydrogen (secondary N) is 1. The molecule has 142 heavy (non-hydrogen) atoms. The lowest BCUT2D eigenvalue weighted by Crippen LogP contribution is -2.30. The molecule has 0 fully saturated rings. The molecule has 0 saturated heterocycles. The first-order chi connectivity index (χ1) is 67.1. The minimum atomic E-state index is -4.11. The van der Waals surface area contributed by atoms with E-state index in [2.05, 4.69) is 25.8 Å². The Bertz CT molecular complexity index is 7540. The number of para-hydroxylation sites is 4. The molecule has 0 aliphatic carbocycles. The number of rotatable bonds is 40. The highest BCUT2D eigenvalue weighted by Crippen LogP contribution is 2.37. The van der Waals surface area contributed by atoms with Crippen molar-refractivity contribution in [2.24, 2.45) is 5.16 Å². The summed E-state index contributed by atoms with van der Waals surface area (Å²) in [5.74, 6) is -7.48. The topological polar surface area (TPSA) is 541 Å². The van der Waals surface area contributed by atoms with Gasteiger partial charge < -0.3 is 49.3 Å². The van der Waals surface area contributed by atoms with Gasteiger partial charge in [-0.05, 0) is 159 Å². The predicted molar refractivity (Wildman–Crippen MR) is 512 cm³/mol. The SMILES string of the molecule is COc1ccccc1S(=O)(=O)N(Cc1ccc(/C(=N/O)C(=O)O)cc1)Cc1ccc(S(C)(=O)=O)cc1.COc1ccccc1S(=O)(=O)N(Cc1ccc(C#N)cc1)Cc1ccc(C(F)(F)C(=O)O)cc1.COc1ccccc1S(=O)(=O)N(Cc1ccc(C(O)C(=O)O)cc1)Cc1ccc(S(C)(=O)=O)cc1.COc1ccccc1S(=O)(=O)N(Cc1ccc(OCc2nn[nH]n2)cc1)Cc1ccc(S(C)(=O)=O)cc1. The molecule has 0 bridgehead atoms. The van der Waals surface area contributed by atoms with Gasteiger partial charge in [0.15, 0.2) is 47.9 Å². The maximum atomic E-state index is 13.8. The normalized spacial score (nSPS) is 12.3. The number of nitriles is 1. The first-order valence-corrected chi connectivity index (χ1v) is 53.2. The number of methoxy groups -OCH3 is 4. The van der Waals surface area contributed by atoms with E-state index < -0.39 is 111 Å². The number of nitrogens with zero attached hydrogens (tertiary/aromatic N) is 9. The number of carboxylic acid groups (broad SMARTS) is 3. The number of ether oxygens (including phenoxy) is 5. The van der Waals surface area contributed by atoms with Crippen molar-refractivity contribution in [2.45, 2.75) is 105 Å². The Morgan fingerprint density at radius 3 is 0.937 bits per heavy atom. The lowest BCUT2D eigenvalue weighted by Gasteiger charge is -2.24. The number of aliphatic hydroxyl groups excluding tert-OH is 1. The number of oxime groups is 1. The van der Waals surface area contributed by atoms with Crippen molar-refractivity contribution in [3.8, 4) is 34.8 Å². The number of aliphatic carboxylic acids is 3. The van der Waals surface area contributed by atoms with E-state index >= 15 is 0 Å². The van der Waals surface area contributed by atoms with Crippen LogP contribution in [0, 0.1) is 11.3 Å². The molecule has 0 amide bonds. The standard InChI is InChI=1S/C24H20F2N2O5S.C24H25N5O6S2.C24H24N2O8S2.C24H25NO8S2/c1-33-21-4-2-3-5-22(21)34(31,32)28(15-18-8-6-17(14-27)7-9-18)16-19-10-12-20(13-11-19)24(25,26)23(29)30;1-34-22-5-3-4-6-23(22)37(32,33)29(16-19-9-13-21(14-10-19)36(2,30)31)15-18-7-11-20(12-8-18)35-17-24-25-27-28-26-24;1-34-21-5-3-4-6-22(21)36(32,33)26(16-18-9-13-20(14-10-18)35(2,30)31)15-17-7-11-19(12-8-17)23(25-29)24(27)28;1-33-21-5-3-4-6-22(21)35(31,32)25(16-18-9-13-20(14-10-18)34(2,29)30)15-17-7-11-19(12-8-17)23(26)24(27)28/h2-13H,15-16H2,1H3,(H,29,30);3-14H,15-17H2,1-2H3,(H,25,26,27,28);3-14,29H,15-16H2,1-2H3,(H,27,28);3-14,23,26H,15-16H2,1-2H3,(H,27,28)/b;;25-23-;. The van der Waals surface area contributed by atoms with Crippen LogP contribution in [0.25, 0.3) is 0 Å². The molecular formula is C96H94F2N10O27S7. The highest BCUT2D eigenvalue weighted by Gasteiger charge is 2.41. The lowest BCUT2D eigenvalue weighted by molar-refractivity contribution is -0.166. The number of hydrogen-bond acceptors (Lipinski definition) is 29. The molecule has 1 heterocycles. The third kappa shape index (κ3) is 28.8. The van der Waals surface area contributed by atoms with Crippen molar-refractivity contribution in [3.63, 3.8) is 0 Å². The minimum Gasteiger partial charge on any atom is -0.495 e. The number of tetrazole rings is 1. The van der Waals surface area contributed by atoms with Crippen LogP contribution in [0.2, 0.25) is 0 Å². The Morgan fingerprint density at radius 1 is 0.408 bits per heavy atom. The van der Waals surface area contributed by atoms with Crippen LogP contribution in [0.15, 0.2) is 331 Å². The fraction of sp³-hybridized carbons (Fsp3) is 0.188. The van der Waals surface area contributed by atoms with Gasteiger partial charge in [-0.1, -0.05) is 192 Å². The summed E-state index contributed by atoms with van der Waals surface area (Å²) in [7, 11) is -21.0. The van der Waals surface area contributed by atoms with Crippen LogP contribution < -0.4 is 23.7 Å². The molecule has 1 atom stereocenters. The first-order valence-electron chi connectivity index (χ1n) is 41.7. The number of aliphatic hydroxyl groups is 1. The molecule has 6 N–H and O–H groups in total. The molecule has 13 rings (SSSR count). The van der Waals surface area contributed by atoms with E-state index in [1.54, 1.807) is 152 Å². The van der Waals surface area contributed by atoms with Gasteiger partial charge in [-0.2, -0.15) is 36.5 Å². The van der Waals surface area contributed by atoms with Gasteiger partial charge in [0.05, 0.1) is 54.8 Å². The zero-order chi connectivity index (χ0) is 104. The number of hydrogen-bond donors (Lipinski definition) is 6. The third-order valence-corrected chi connectivity index (χ3v) is 31.8. The average Bonchev–Trinajstić information content (AvgIpc) is 0.864. The van der Waals surface area contributed by atoms with Gasteiger partial charge in [0.2, 0.25) is 45.9 Å². The molecule has 13 aromatic rings. The van der Waals surface area contributed by atoms with Crippen molar-refractivity contribution >= 4 is 93.2 Å². The second kappa shape index (κ2) is 48.0. The van der Waals surface area contributed by atoms with E-state index in [1.807, 2.05) is 6.07 Å². The largest absolute Gasteiger partial charge is 0.495 e. The maximum absolute atomic E-state index is 13.8. The Hall–Kier alpha value is -14.6. The number of sulfone groups is 3. The average molecular weight is 2080 g/mol. The summed E-state index contributed by atoms with van der Waals surface area (Å²) in [6, 6.07) is 74.4. The molecule has 0 aliphatic rings. The second-order valence-corrected chi connectivity index (χ2v) is 44.7. The van der Waals surface area contributed by atoms with Crippen LogP contribution in [0.4, 0.5) is 8.78 Å². The molecule has 0 aliphatic heterocycles. The third-order valence-electron chi connectivity index (χ3n) is 21.1. The zero-order valence-electron chi connectivity index (χ0n) is 76.5. The van der Waals surface area contributed by atoms with Crippen molar-refractivity contribution in [3.05, 3.63) is 364 Å². The summed E-state index contributed by atoms with van der Waals surface area (Å²) in [6.07, 6.45) is 1.61. The van der Waals surface area contributed by atoms with Crippen LogP contribution in [-0.2, 0) is 149 Å². The number of carbonyl (C=O) groups is 3. The number of aromatic amines is 1. The highest BCUT2D eigenvalue weighted by molar-refractivity contribution is 7.91. The van der Waals surface area contributed by atoms with Crippen LogP contribution in [-0.4, -0.2) is 193 Å². The Labute approximate surface area is 818 Å². The molecular weight excluding hydrogens is 1990 g/mol. The van der Waals surface area contributed by atoms with E-state index in [0.717, 1.165) is 40.8 Å². The van der Waals surface area contributed by atoms with Crippen LogP contribution in [0.5, 0.6) is 28.7 Å². The Morgan fingerprint density at radius 2 is 0.683 bits per heavy atom. The van der Waals surface area contributed by atoms with Crippen molar-refractivity contribution in [1.82, 2.24) is 37.8 Å². The number of carboxylic acids is 3. The predicted octanol–water partition coefficient (Wildman–Crippen LogP) is 12.1. The minimum absolute atomic E-state index is 0.0144. The summed E-state index contributed by atoms with van der Waals surface area (Å²) in [5, 5.41) is 70.8. The maximum Gasteiger partial charge on any atom is 0.379 e. The van der Waals surface area contributed by atoms with E-state index in [4.69, 9.17) is 49.5 Å². The fourth-order valence-electron chi connectivity index (χ4n) is 13.6. The molecule has 0 spiro atoms. The molecule has 746 valence electrons. The summed E-state index contributed by atoms with van der Waals surface area (Å²) in [6.45, 7) is -0.356. The van der Waals surface area contributed by atoms with Crippen LogP contribution in [0.1, 0.15) is 78.7 Å². The Balaban J connectivity index is 0.000000195. The molecule has 12 aromatic carbocycles. The summed E-state index contributed by atoms with van der Waals surface area (Å²) in [5.41, 5.74) is 3.99. The number of H-pyrrole nitrogens is 1. The number of benzene rings is 12. The molecule has 0 saturated carbocycles. The number of aromatic nitrogens is 4. The highest BCUT2D eigenvalue weighted by atomic mass is 32.2. The molecule has 37 nitrogen and oxygen atoms in total. The van der Waals surface area contributed by atoms with E-state index in [9.17, 15) is 87.2 Å². The van der Waals surface area contributed by atoms with Gasteiger partial charge >= 0.3 is 23.8 Å². The van der Waals surface area contributed by atoms with Crippen molar-refractivity contribution in [2.75, 3.05) is 47.2 Å². The van der Waals surface area contributed by atoms with Gasteiger partial charge in [0.1, 0.15) is 48.3 Å². The second-order valence-electron chi connectivity index (χ2n) is 31.0. The van der Waals surface area contributed by atoms with Crippen molar-refractivity contribution in [1.29, 1.82) is 5.26 Å². The molecule has 1 unspecified atom stereocenters. The number of sulfonamides is 4. The summed E-state index contributed by atoms with van der Waals surface area (Å²) < 4.78 is 239. The Kier molecular flexibility index (Phi) is 37.0. The summed E-state index contributed by atoms with van der Waals surface area (Å²) >= 11 is 0. The van der Waals surface area contributed by atoms with E-state index in [0.29, 0.717) is 56.1 Å². The lowest BCUT2D eigenvalue weighted by atomic mass is 10.1. The molecule has 46 heteroatoms. The van der Waals surface area contributed by atoms with E-state index in [-0.39, 0.29) is 127 Å². The monoisotopic (exact) mass is 2080 g/mol. The first kappa shape index (κ1) is 109. The van der Waals surface area contributed by atoms with Gasteiger partial charge in [0, 0.05) is 82.3 Å². The van der Waals surface area contributed by atoms with E-state index in [1.165, 1.54) is 169 Å². The van der Waals surface area contributed by atoms with Gasteiger partial charge in [-0.15, -0.1) is 10.2 Å². The van der Waals surface area contributed by atoms with Crippen molar-refractivity contribution < 1.29 is 131 Å². The smallest absolute Gasteiger partial charge is 0.379 e. The summed E-state index contributed by atoms with van der Waals surface area (Å²) in [4.78, 5) is 33.3. The molecule has 1 aromatic heterocycles. The van der Waals surface area contributed by atoms with Gasteiger partial charge in [-0.3, -0.25) is 0 Å². The van der Waals surface area contributed by atoms with Gasteiger partial charge in [-0.25, -0.2) is 73.3 Å². The fourth-order valence-corrected chi connectivity index (χ4v) is 21.8. The van der Waals surface area contributed by atoms with Crippen LogP contribution >= 0.6 is 0 Å². The quantitative estimate of drug-likeness (QED) is 0.0118.